The average Bonchev–Trinajstić information content (AvgIpc) is 3.27. The first-order valence-electron chi connectivity index (χ1n) is 21.5. The van der Waals surface area contributed by atoms with Crippen molar-refractivity contribution in [2.24, 2.45) is 0 Å². The van der Waals surface area contributed by atoms with Crippen LogP contribution in [0.5, 0.6) is 0 Å². The second-order valence-corrected chi connectivity index (χ2v) is 22.7. The normalized spacial score (nSPS) is 14.5. The molecule has 3 heterocycles. The molecule has 0 aliphatic carbocycles. The minimum atomic E-state index is -2.83. The summed E-state index contributed by atoms with van der Waals surface area (Å²) in [5.41, 5.74) is 16.8. The zero-order chi connectivity index (χ0) is 41.0. The molecule has 0 bridgehead atoms. The van der Waals surface area contributed by atoms with Crippen LogP contribution < -0.4 is 46.9 Å². The minimum Gasteiger partial charge on any atom is -0.312 e. The summed E-state index contributed by atoms with van der Waals surface area (Å²) in [4.78, 5) is 5.25. The van der Waals surface area contributed by atoms with Gasteiger partial charge in [0.1, 0.15) is 0 Å². The van der Waals surface area contributed by atoms with Crippen molar-refractivity contribution in [2.45, 2.75) is 52.4 Å². The molecule has 0 aromatic heterocycles. The molecule has 0 saturated heterocycles. The predicted molar refractivity (Wildman–Crippen MR) is 260 cm³/mol. The Labute approximate surface area is 356 Å². The van der Waals surface area contributed by atoms with Gasteiger partial charge in [0.25, 0.3) is 6.71 Å². The Morgan fingerprint density at radius 3 is 1.60 bits per heavy atom. The van der Waals surface area contributed by atoms with Gasteiger partial charge in [0.2, 0.25) is 0 Å². The highest BCUT2D eigenvalue weighted by molar-refractivity contribution is 7.22. The molecule has 0 radical (unpaired) electrons. The second-order valence-electron chi connectivity index (χ2n) is 19.0. The van der Waals surface area contributed by atoms with E-state index in [9.17, 15) is 0 Å². The van der Waals surface area contributed by atoms with E-state index in [4.69, 9.17) is 0 Å². The first-order chi connectivity index (χ1) is 29.0. The third-order valence-electron chi connectivity index (χ3n) is 13.4. The number of hydrogen-bond acceptors (Lipinski definition) is 2. The van der Waals surface area contributed by atoms with Crippen LogP contribution in [0.1, 0.15) is 52.7 Å². The van der Waals surface area contributed by atoms with Crippen LogP contribution in [-0.2, 0) is 10.8 Å². The Balaban J connectivity index is 1.27. The van der Waals surface area contributed by atoms with Crippen molar-refractivity contribution >= 4 is 86.0 Å². The van der Waals surface area contributed by atoms with Gasteiger partial charge in [-0.3, -0.25) is 0 Å². The lowest BCUT2D eigenvalue weighted by molar-refractivity contribution is 0.590. The van der Waals surface area contributed by atoms with Crippen LogP contribution in [0.2, 0.25) is 0 Å². The minimum absolute atomic E-state index is 0.0312. The second kappa shape index (κ2) is 13.3. The predicted octanol–water partition coefficient (Wildman–Crippen LogP) is 9.72. The fraction of sp³-hybridized carbons (Fsp3) is 0.143. The summed E-state index contributed by atoms with van der Waals surface area (Å²) in [5.74, 6) is 0. The zero-order valence-corrected chi connectivity index (χ0v) is 36.4. The van der Waals surface area contributed by atoms with Gasteiger partial charge in [-0.2, -0.15) is 0 Å². The molecule has 0 saturated carbocycles. The fourth-order valence-electron chi connectivity index (χ4n) is 10.5. The van der Waals surface area contributed by atoms with E-state index in [1.54, 1.807) is 0 Å². The van der Waals surface area contributed by atoms with E-state index in [0.29, 0.717) is 0 Å². The van der Waals surface area contributed by atoms with Gasteiger partial charge in [-0.05, 0) is 107 Å². The Bertz CT molecular complexity index is 2910. The maximum Gasteiger partial charge on any atom is 0.252 e. The molecule has 60 heavy (non-hydrogen) atoms. The lowest BCUT2D eigenvalue weighted by Gasteiger charge is -2.51. The number of rotatable bonds is 4. The summed E-state index contributed by atoms with van der Waals surface area (Å²) >= 11 is 0. The lowest BCUT2D eigenvalue weighted by Crippen LogP contribution is -2.79. The van der Waals surface area contributed by atoms with Crippen molar-refractivity contribution in [2.75, 3.05) is 9.80 Å². The van der Waals surface area contributed by atoms with E-state index >= 15 is 0 Å². The molecule has 0 amide bonds. The van der Waals surface area contributed by atoms with Gasteiger partial charge in [0.05, 0.1) is 0 Å². The van der Waals surface area contributed by atoms with Gasteiger partial charge >= 0.3 is 0 Å². The molecule has 0 unspecified atom stereocenters. The summed E-state index contributed by atoms with van der Waals surface area (Å²) in [6.45, 7) is 14.0. The fourth-order valence-corrected chi connectivity index (χ4v) is 15.7. The Morgan fingerprint density at radius 2 is 0.967 bits per heavy atom. The molecule has 3 aliphatic heterocycles. The molecule has 0 spiro atoms. The first kappa shape index (κ1) is 36.7. The first-order valence-corrected chi connectivity index (χ1v) is 23.5. The molecule has 0 atom stereocenters. The van der Waals surface area contributed by atoms with Gasteiger partial charge in [-0.25, -0.2) is 0 Å². The van der Waals surface area contributed by atoms with Crippen LogP contribution in [0.25, 0.3) is 11.1 Å². The number of hydrogen-bond donors (Lipinski definition) is 0. The quantitative estimate of drug-likeness (QED) is 0.164. The molecular weight excluding hydrogens is 740 g/mol. The number of anilines is 6. The lowest BCUT2D eigenvalue weighted by atomic mass is 9.33. The molecule has 8 aromatic rings. The van der Waals surface area contributed by atoms with E-state index in [1.165, 1.54) is 93.5 Å². The molecule has 11 rings (SSSR count). The highest BCUT2D eigenvalue weighted by atomic mass is 28.3. The highest BCUT2D eigenvalue weighted by Crippen LogP contribution is 2.47. The van der Waals surface area contributed by atoms with Crippen molar-refractivity contribution < 1.29 is 0 Å². The average molecular weight is 789 g/mol. The number of para-hydroxylation sites is 2. The smallest absolute Gasteiger partial charge is 0.252 e. The van der Waals surface area contributed by atoms with Crippen LogP contribution in [0.4, 0.5) is 34.1 Å². The Kier molecular flexibility index (Phi) is 8.15. The van der Waals surface area contributed by atoms with Crippen LogP contribution >= 0.6 is 0 Å². The number of fused-ring (bicyclic) bond motifs is 6. The van der Waals surface area contributed by atoms with Crippen molar-refractivity contribution in [1.29, 1.82) is 0 Å². The van der Waals surface area contributed by atoms with Crippen LogP contribution in [0.3, 0.4) is 0 Å². The van der Waals surface area contributed by atoms with Crippen molar-refractivity contribution in [3.05, 3.63) is 199 Å². The summed E-state index contributed by atoms with van der Waals surface area (Å²) in [6.07, 6.45) is 0. The number of benzene rings is 8. The summed E-state index contributed by atoms with van der Waals surface area (Å²) < 4.78 is 0. The maximum absolute atomic E-state index is 2.83. The SMILES string of the molecule is CC(C)(C)c1ccc(N2c3cc(-c4ccccc4)ccc3B3c4cccc5c4N(c4ccccc4[Si]5(c4ccccc4)c4ccccc4)c4cc(C(C)(C)C)cc2c43)cc1. The largest absolute Gasteiger partial charge is 0.312 e. The molecule has 8 aromatic carbocycles. The van der Waals surface area contributed by atoms with E-state index in [2.05, 4.69) is 239 Å². The molecule has 3 aliphatic rings. The van der Waals surface area contributed by atoms with Gasteiger partial charge in [0.15, 0.2) is 8.07 Å². The molecule has 290 valence electrons. The molecule has 0 fully saturated rings. The van der Waals surface area contributed by atoms with Gasteiger partial charge in [-0.15, -0.1) is 0 Å². The van der Waals surface area contributed by atoms with Crippen LogP contribution in [0.15, 0.2) is 188 Å². The number of nitrogens with zero attached hydrogens (tertiary/aromatic N) is 2. The Hall–Kier alpha value is -6.36. The summed E-state index contributed by atoms with van der Waals surface area (Å²) in [6, 6.07) is 72.0. The zero-order valence-electron chi connectivity index (χ0n) is 35.4. The van der Waals surface area contributed by atoms with Crippen LogP contribution in [0, 0.1) is 0 Å². The van der Waals surface area contributed by atoms with Gasteiger partial charge in [0, 0.05) is 34.1 Å². The molecule has 2 nitrogen and oxygen atoms in total. The van der Waals surface area contributed by atoms with E-state index in [1.807, 2.05) is 0 Å². The van der Waals surface area contributed by atoms with Crippen LogP contribution in [-0.4, -0.2) is 14.8 Å². The Morgan fingerprint density at radius 1 is 0.400 bits per heavy atom. The maximum atomic E-state index is 2.67. The van der Waals surface area contributed by atoms with E-state index < -0.39 is 8.07 Å². The summed E-state index contributed by atoms with van der Waals surface area (Å²) in [5, 5.41) is 5.70. The van der Waals surface area contributed by atoms with Crippen molar-refractivity contribution in [3.8, 4) is 11.1 Å². The summed E-state index contributed by atoms with van der Waals surface area (Å²) in [7, 11) is -2.83. The molecule has 0 N–H and O–H groups in total. The van der Waals surface area contributed by atoms with Crippen molar-refractivity contribution in [3.63, 3.8) is 0 Å². The van der Waals surface area contributed by atoms with E-state index in [-0.39, 0.29) is 17.5 Å². The van der Waals surface area contributed by atoms with Gasteiger partial charge in [-0.1, -0.05) is 193 Å². The van der Waals surface area contributed by atoms with E-state index in [0.717, 1.165) is 0 Å². The molecular formula is C56H49BN2Si. The molecule has 4 heteroatoms. The van der Waals surface area contributed by atoms with Gasteiger partial charge < -0.3 is 9.80 Å². The topological polar surface area (TPSA) is 6.48 Å². The van der Waals surface area contributed by atoms with Crippen molar-refractivity contribution in [1.82, 2.24) is 0 Å². The standard InChI is InChI=1S/C56H49BN2Si/c1-55(2,3)40-30-32-42(33-31-40)58-48-35-39(38-19-10-7-11-20-38)29-34-45(48)57-46-25-18-28-52-54(46)59(50-37-41(56(4,5)6)36-49(58)53(50)57)47-26-16-17-27-51(47)60(52,43-21-12-8-13-22-43)44-23-14-9-15-24-44/h7-37H,1-6H3. The third-order valence-corrected chi connectivity index (χ3v) is 18.3. The highest BCUT2D eigenvalue weighted by Gasteiger charge is 2.53. The third kappa shape index (κ3) is 5.33. The monoisotopic (exact) mass is 788 g/mol.